The van der Waals surface area contributed by atoms with Crippen LogP contribution in [0.25, 0.3) is 0 Å². The molecular weight excluding hydrogens is 228 g/mol. The van der Waals surface area contributed by atoms with E-state index in [4.69, 9.17) is 9.47 Å². The molecule has 0 unspecified atom stereocenters. The number of anilines is 1. The molecule has 0 amide bonds. The van der Waals surface area contributed by atoms with Crippen molar-refractivity contribution in [1.82, 2.24) is 4.98 Å². The maximum atomic E-state index is 5.36. The third kappa shape index (κ3) is 5.47. The normalized spacial score (nSPS) is 11.6. The second kappa shape index (κ2) is 7.34. The highest BCUT2D eigenvalue weighted by atomic mass is 16.5. The van der Waals surface area contributed by atoms with E-state index < -0.39 is 0 Å². The summed E-state index contributed by atoms with van der Waals surface area (Å²) in [7, 11) is 1.67. The van der Waals surface area contributed by atoms with Crippen molar-refractivity contribution >= 4 is 5.82 Å². The Labute approximate surface area is 110 Å². The molecule has 1 aromatic heterocycles. The Morgan fingerprint density at radius 1 is 1.17 bits per heavy atom. The number of pyridine rings is 1. The van der Waals surface area contributed by atoms with Gasteiger partial charge in [0, 0.05) is 19.9 Å². The van der Waals surface area contributed by atoms with Gasteiger partial charge in [-0.15, -0.1) is 0 Å². The molecule has 0 aromatic carbocycles. The largest absolute Gasteiger partial charge is 0.382 e. The number of methoxy groups -OCH3 is 1. The van der Waals surface area contributed by atoms with Crippen LogP contribution >= 0.6 is 0 Å². The highest BCUT2D eigenvalue weighted by Crippen LogP contribution is 2.21. The summed E-state index contributed by atoms with van der Waals surface area (Å²) >= 11 is 0. The average Bonchev–Trinajstić information content (AvgIpc) is 2.33. The van der Waals surface area contributed by atoms with Gasteiger partial charge in [-0.25, -0.2) is 4.98 Å². The van der Waals surface area contributed by atoms with Crippen LogP contribution in [0.4, 0.5) is 5.82 Å². The van der Waals surface area contributed by atoms with Gasteiger partial charge in [-0.05, 0) is 17.0 Å². The zero-order valence-electron chi connectivity index (χ0n) is 11.8. The number of hydrogen-bond donors (Lipinski definition) is 1. The Morgan fingerprint density at radius 3 is 2.50 bits per heavy atom. The van der Waals surface area contributed by atoms with Crippen molar-refractivity contribution in [2.75, 3.05) is 38.8 Å². The molecular formula is C14H24N2O2. The first-order valence-electron chi connectivity index (χ1n) is 6.31. The lowest BCUT2D eigenvalue weighted by Gasteiger charge is -2.18. The summed E-state index contributed by atoms with van der Waals surface area (Å²) in [6.07, 6.45) is 1.92. The third-order valence-corrected chi connectivity index (χ3v) is 2.61. The number of ether oxygens (including phenoxy) is 2. The quantitative estimate of drug-likeness (QED) is 0.757. The molecule has 0 aliphatic heterocycles. The SMILES string of the molecule is COCCOCCNc1ccc(C(C)(C)C)cn1. The summed E-state index contributed by atoms with van der Waals surface area (Å²) in [4.78, 5) is 4.39. The molecule has 0 saturated carbocycles. The fraction of sp³-hybridized carbons (Fsp3) is 0.643. The van der Waals surface area contributed by atoms with Gasteiger partial charge in [-0.3, -0.25) is 0 Å². The first kappa shape index (κ1) is 14.9. The van der Waals surface area contributed by atoms with E-state index in [1.54, 1.807) is 7.11 Å². The van der Waals surface area contributed by atoms with Gasteiger partial charge in [0.25, 0.3) is 0 Å². The summed E-state index contributed by atoms with van der Waals surface area (Å²) in [6.45, 7) is 9.23. The molecule has 0 atom stereocenters. The molecule has 0 fully saturated rings. The van der Waals surface area contributed by atoms with Crippen LogP contribution in [-0.2, 0) is 14.9 Å². The lowest BCUT2D eigenvalue weighted by molar-refractivity contribution is 0.0759. The van der Waals surface area contributed by atoms with E-state index in [-0.39, 0.29) is 5.41 Å². The zero-order chi connectivity index (χ0) is 13.4. The molecule has 1 aromatic rings. The molecule has 102 valence electrons. The standard InChI is InChI=1S/C14H24N2O2/c1-14(2,3)12-5-6-13(16-11-12)15-7-8-18-10-9-17-4/h5-6,11H,7-10H2,1-4H3,(H,15,16). The summed E-state index contributed by atoms with van der Waals surface area (Å²) in [5, 5.41) is 3.22. The van der Waals surface area contributed by atoms with Crippen LogP contribution < -0.4 is 5.32 Å². The van der Waals surface area contributed by atoms with Gasteiger partial charge in [0.2, 0.25) is 0 Å². The lowest BCUT2D eigenvalue weighted by Crippen LogP contribution is -2.14. The summed E-state index contributed by atoms with van der Waals surface area (Å²) in [5.41, 5.74) is 1.39. The van der Waals surface area contributed by atoms with Crippen LogP contribution in [0.15, 0.2) is 18.3 Å². The van der Waals surface area contributed by atoms with Gasteiger partial charge in [0.05, 0.1) is 19.8 Å². The minimum atomic E-state index is 0.148. The Bertz CT molecular complexity index is 331. The van der Waals surface area contributed by atoms with Crippen LogP contribution in [0.3, 0.4) is 0 Å². The Balaban J connectivity index is 2.27. The molecule has 1 rings (SSSR count). The number of nitrogens with zero attached hydrogens (tertiary/aromatic N) is 1. The molecule has 0 aliphatic carbocycles. The molecule has 18 heavy (non-hydrogen) atoms. The highest BCUT2D eigenvalue weighted by molar-refractivity contribution is 5.36. The van der Waals surface area contributed by atoms with E-state index >= 15 is 0 Å². The van der Waals surface area contributed by atoms with Gasteiger partial charge in [0.15, 0.2) is 0 Å². The van der Waals surface area contributed by atoms with Crippen molar-refractivity contribution in [3.63, 3.8) is 0 Å². The Hall–Kier alpha value is -1.13. The second-order valence-corrected chi connectivity index (χ2v) is 5.21. The smallest absolute Gasteiger partial charge is 0.125 e. The minimum Gasteiger partial charge on any atom is -0.382 e. The molecule has 0 bridgehead atoms. The van der Waals surface area contributed by atoms with Crippen LogP contribution in [0.1, 0.15) is 26.3 Å². The zero-order valence-corrected chi connectivity index (χ0v) is 11.8. The molecule has 0 spiro atoms. The van der Waals surface area contributed by atoms with Gasteiger partial charge < -0.3 is 14.8 Å². The monoisotopic (exact) mass is 252 g/mol. The second-order valence-electron chi connectivity index (χ2n) is 5.21. The van der Waals surface area contributed by atoms with Crippen molar-refractivity contribution < 1.29 is 9.47 Å². The Morgan fingerprint density at radius 2 is 1.94 bits per heavy atom. The van der Waals surface area contributed by atoms with Crippen molar-refractivity contribution in [2.45, 2.75) is 26.2 Å². The molecule has 0 radical (unpaired) electrons. The predicted octanol–water partition coefficient (Wildman–Crippen LogP) is 2.45. The molecule has 1 N–H and O–H groups in total. The first-order valence-corrected chi connectivity index (χ1v) is 6.31. The fourth-order valence-corrected chi connectivity index (χ4v) is 1.44. The molecule has 4 heteroatoms. The topological polar surface area (TPSA) is 43.4 Å². The molecule has 1 heterocycles. The fourth-order valence-electron chi connectivity index (χ4n) is 1.44. The number of hydrogen-bond acceptors (Lipinski definition) is 4. The molecule has 4 nitrogen and oxygen atoms in total. The van der Waals surface area contributed by atoms with Crippen molar-refractivity contribution in [3.05, 3.63) is 23.9 Å². The van der Waals surface area contributed by atoms with E-state index in [2.05, 4.69) is 37.1 Å². The number of rotatable bonds is 7. The summed E-state index contributed by atoms with van der Waals surface area (Å²) < 4.78 is 10.3. The van der Waals surface area contributed by atoms with E-state index in [0.29, 0.717) is 19.8 Å². The number of nitrogens with one attached hydrogen (secondary N) is 1. The summed E-state index contributed by atoms with van der Waals surface area (Å²) in [5.74, 6) is 0.887. The van der Waals surface area contributed by atoms with Crippen molar-refractivity contribution in [1.29, 1.82) is 0 Å². The van der Waals surface area contributed by atoms with Crippen molar-refractivity contribution in [2.24, 2.45) is 0 Å². The Kier molecular flexibility index (Phi) is 6.09. The van der Waals surface area contributed by atoms with Crippen LogP contribution in [0.5, 0.6) is 0 Å². The molecule has 0 aliphatic rings. The lowest BCUT2D eigenvalue weighted by atomic mass is 9.88. The van der Waals surface area contributed by atoms with E-state index in [1.807, 2.05) is 12.3 Å². The first-order chi connectivity index (χ1) is 8.54. The van der Waals surface area contributed by atoms with Gasteiger partial charge >= 0.3 is 0 Å². The van der Waals surface area contributed by atoms with Gasteiger partial charge in [0.1, 0.15) is 5.82 Å². The van der Waals surface area contributed by atoms with Gasteiger partial charge in [-0.2, -0.15) is 0 Å². The van der Waals surface area contributed by atoms with E-state index in [0.717, 1.165) is 12.4 Å². The van der Waals surface area contributed by atoms with Gasteiger partial charge in [-0.1, -0.05) is 26.8 Å². The predicted molar refractivity (Wildman–Crippen MR) is 74.1 cm³/mol. The highest BCUT2D eigenvalue weighted by Gasteiger charge is 2.13. The maximum absolute atomic E-state index is 5.36. The van der Waals surface area contributed by atoms with Crippen LogP contribution in [0.2, 0.25) is 0 Å². The van der Waals surface area contributed by atoms with Crippen molar-refractivity contribution in [3.8, 4) is 0 Å². The van der Waals surface area contributed by atoms with Crippen LogP contribution in [0, 0.1) is 0 Å². The maximum Gasteiger partial charge on any atom is 0.125 e. The number of aromatic nitrogens is 1. The molecule has 0 saturated heterocycles. The van der Waals surface area contributed by atoms with E-state index in [9.17, 15) is 0 Å². The third-order valence-electron chi connectivity index (χ3n) is 2.61. The average molecular weight is 252 g/mol. The van der Waals surface area contributed by atoms with E-state index in [1.165, 1.54) is 5.56 Å². The minimum absolute atomic E-state index is 0.148. The summed E-state index contributed by atoms with van der Waals surface area (Å²) in [6, 6.07) is 4.12. The van der Waals surface area contributed by atoms with Crippen LogP contribution in [-0.4, -0.2) is 38.5 Å².